The summed E-state index contributed by atoms with van der Waals surface area (Å²) in [5.74, 6) is 1.60. The Bertz CT molecular complexity index is 331. The summed E-state index contributed by atoms with van der Waals surface area (Å²) in [6.45, 7) is 2.71. The number of rotatable bonds is 4. The van der Waals surface area contributed by atoms with Gasteiger partial charge in [-0.3, -0.25) is 0 Å². The third kappa shape index (κ3) is 2.56. The van der Waals surface area contributed by atoms with Gasteiger partial charge >= 0.3 is 0 Å². The third-order valence-electron chi connectivity index (χ3n) is 3.46. The van der Waals surface area contributed by atoms with Crippen molar-refractivity contribution in [2.75, 3.05) is 6.61 Å². The van der Waals surface area contributed by atoms with Crippen molar-refractivity contribution in [3.63, 3.8) is 0 Å². The fourth-order valence-electron chi connectivity index (χ4n) is 2.57. The van der Waals surface area contributed by atoms with Gasteiger partial charge < -0.3 is 10.5 Å². The molecule has 0 bridgehead atoms. The summed E-state index contributed by atoms with van der Waals surface area (Å²) in [5, 5.41) is 0. The van der Waals surface area contributed by atoms with E-state index in [1.807, 2.05) is 19.1 Å². The molecule has 2 heteroatoms. The first kappa shape index (κ1) is 11.5. The van der Waals surface area contributed by atoms with Crippen LogP contribution < -0.4 is 10.5 Å². The highest BCUT2D eigenvalue weighted by atomic mass is 16.5. The standard InChI is InChI=1S/C14H21NO/c1-2-16-13-9-5-8-12(10-13)14(15)11-6-3-4-7-11/h5,8-11,14H,2-4,6-7,15H2,1H3. The maximum absolute atomic E-state index is 6.31. The Morgan fingerprint density at radius 1 is 1.38 bits per heavy atom. The van der Waals surface area contributed by atoms with Crippen LogP contribution in [-0.4, -0.2) is 6.61 Å². The normalized spacial score (nSPS) is 18.6. The van der Waals surface area contributed by atoms with Gasteiger partial charge in [0.25, 0.3) is 0 Å². The molecule has 0 amide bonds. The molecule has 0 spiro atoms. The average molecular weight is 219 g/mol. The van der Waals surface area contributed by atoms with Gasteiger partial charge in [0.05, 0.1) is 6.61 Å². The van der Waals surface area contributed by atoms with Crippen molar-refractivity contribution in [2.45, 2.75) is 38.6 Å². The molecule has 1 fully saturated rings. The number of nitrogens with two attached hydrogens (primary N) is 1. The molecule has 16 heavy (non-hydrogen) atoms. The van der Waals surface area contributed by atoms with Gasteiger partial charge in [-0.25, -0.2) is 0 Å². The molecule has 2 N–H and O–H groups in total. The molecular weight excluding hydrogens is 198 g/mol. The van der Waals surface area contributed by atoms with Crippen molar-refractivity contribution >= 4 is 0 Å². The molecule has 2 nitrogen and oxygen atoms in total. The molecule has 0 radical (unpaired) electrons. The summed E-state index contributed by atoms with van der Waals surface area (Å²) in [6, 6.07) is 8.42. The zero-order valence-corrected chi connectivity index (χ0v) is 9.99. The predicted molar refractivity (Wildman–Crippen MR) is 66.5 cm³/mol. The second kappa shape index (κ2) is 5.35. The molecule has 1 aliphatic rings. The number of hydrogen-bond donors (Lipinski definition) is 1. The van der Waals surface area contributed by atoms with Gasteiger partial charge in [-0.1, -0.05) is 25.0 Å². The minimum Gasteiger partial charge on any atom is -0.494 e. The largest absolute Gasteiger partial charge is 0.494 e. The Morgan fingerprint density at radius 3 is 2.81 bits per heavy atom. The van der Waals surface area contributed by atoms with Crippen LogP contribution in [0.4, 0.5) is 0 Å². The van der Waals surface area contributed by atoms with E-state index in [0.717, 1.165) is 5.75 Å². The summed E-state index contributed by atoms with van der Waals surface area (Å²) in [4.78, 5) is 0. The van der Waals surface area contributed by atoms with Crippen molar-refractivity contribution in [1.82, 2.24) is 0 Å². The second-order valence-electron chi connectivity index (χ2n) is 4.58. The molecule has 1 saturated carbocycles. The highest BCUT2D eigenvalue weighted by molar-refractivity contribution is 5.30. The van der Waals surface area contributed by atoms with Gasteiger partial charge in [0, 0.05) is 6.04 Å². The summed E-state index contributed by atoms with van der Waals surface area (Å²) in [7, 11) is 0. The van der Waals surface area contributed by atoms with E-state index in [1.165, 1.54) is 31.2 Å². The zero-order valence-electron chi connectivity index (χ0n) is 9.99. The SMILES string of the molecule is CCOc1cccc(C(N)C2CCCC2)c1. The van der Waals surface area contributed by atoms with Crippen LogP contribution in [0.3, 0.4) is 0 Å². The van der Waals surface area contributed by atoms with Crippen LogP contribution in [0, 0.1) is 5.92 Å². The van der Waals surface area contributed by atoms with E-state index in [0.29, 0.717) is 12.5 Å². The number of ether oxygens (including phenoxy) is 1. The summed E-state index contributed by atoms with van der Waals surface area (Å²) in [5.41, 5.74) is 7.53. The van der Waals surface area contributed by atoms with Crippen LogP contribution in [0.5, 0.6) is 5.75 Å². The molecule has 0 saturated heterocycles. The van der Waals surface area contributed by atoms with Gasteiger partial charge in [-0.15, -0.1) is 0 Å². The summed E-state index contributed by atoms with van der Waals surface area (Å²) < 4.78 is 5.50. The minimum atomic E-state index is 0.183. The van der Waals surface area contributed by atoms with E-state index < -0.39 is 0 Å². The van der Waals surface area contributed by atoms with E-state index in [4.69, 9.17) is 10.5 Å². The maximum atomic E-state index is 6.31. The summed E-state index contributed by atoms with van der Waals surface area (Å²) in [6.07, 6.45) is 5.23. The molecular formula is C14H21NO. The molecule has 1 aliphatic carbocycles. The zero-order chi connectivity index (χ0) is 11.4. The lowest BCUT2D eigenvalue weighted by atomic mass is 9.92. The second-order valence-corrected chi connectivity index (χ2v) is 4.58. The van der Waals surface area contributed by atoms with Crippen LogP contribution in [-0.2, 0) is 0 Å². The first-order valence-corrected chi connectivity index (χ1v) is 6.29. The third-order valence-corrected chi connectivity index (χ3v) is 3.46. The topological polar surface area (TPSA) is 35.2 Å². The maximum Gasteiger partial charge on any atom is 0.119 e. The summed E-state index contributed by atoms with van der Waals surface area (Å²) >= 11 is 0. The van der Waals surface area contributed by atoms with Crippen molar-refractivity contribution in [3.8, 4) is 5.75 Å². The van der Waals surface area contributed by atoms with E-state index in [9.17, 15) is 0 Å². The van der Waals surface area contributed by atoms with Crippen molar-refractivity contribution < 1.29 is 4.74 Å². The monoisotopic (exact) mass is 219 g/mol. The highest BCUT2D eigenvalue weighted by Crippen LogP contribution is 2.34. The van der Waals surface area contributed by atoms with Crippen molar-refractivity contribution in [1.29, 1.82) is 0 Å². The van der Waals surface area contributed by atoms with Gasteiger partial charge in [0.15, 0.2) is 0 Å². The Labute approximate surface area is 97.8 Å². The predicted octanol–water partition coefficient (Wildman–Crippen LogP) is 3.28. The van der Waals surface area contributed by atoms with Gasteiger partial charge in [0.2, 0.25) is 0 Å². The molecule has 1 aromatic rings. The molecule has 2 rings (SSSR count). The van der Waals surface area contributed by atoms with Gasteiger partial charge in [-0.05, 0) is 43.4 Å². The Morgan fingerprint density at radius 2 is 2.12 bits per heavy atom. The lowest BCUT2D eigenvalue weighted by molar-refractivity contribution is 0.339. The smallest absolute Gasteiger partial charge is 0.119 e. The molecule has 0 aliphatic heterocycles. The minimum absolute atomic E-state index is 0.183. The molecule has 88 valence electrons. The average Bonchev–Trinajstić information content (AvgIpc) is 2.82. The lowest BCUT2D eigenvalue weighted by Crippen LogP contribution is -2.19. The first-order valence-electron chi connectivity index (χ1n) is 6.29. The van der Waals surface area contributed by atoms with Crippen LogP contribution in [0.2, 0.25) is 0 Å². The van der Waals surface area contributed by atoms with Crippen LogP contribution in [0.25, 0.3) is 0 Å². The van der Waals surface area contributed by atoms with Crippen molar-refractivity contribution in [2.24, 2.45) is 11.7 Å². The van der Waals surface area contributed by atoms with Gasteiger partial charge in [0.1, 0.15) is 5.75 Å². The molecule has 0 aromatic heterocycles. The number of hydrogen-bond acceptors (Lipinski definition) is 2. The fraction of sp³-hybridized carbons (Fsp3) is 0.571. The van der Waals surface area contributed by atoms with Crippen LogP contribution in [0.1, 0.15) is 44.2 Å². The molecule has 1 aromatic carbocycles. The number of benzene rings is 1. The molecule has 0 heterocycles. The first-order chi connectivity index (χ1) is 7.81. The Balaban J connectivity index is 2.09. The molecule has 1 atom stereocenters. The lowest BCUT2D eigenvalue weighted by Gasteiger charge is -2.19. The van der Waals surface area contributed by atoms with Crippen LogP contribution in [0.15, 0.2) is 24.3 Å². The Kier molecular flexibility index (Phi) is 3.83. The van der Waals surface area contributed by atoms with E-state index >= 15 is 0 Å². The van der Waals surface area contributed by atoms with E-state index in [-0.39, 0.29) is 6.04 Å². The van der Waals surface area contributed by atoms with Crippen LogP contribution >= 0.6 is 0 Å². The highest BCUT2D eigenvalue weighted by Gasteiger charge is 2.23. The van der Waals surface area contributed by atoms with Gasteiger partial charge in [-0.2, -0.15) is 0 Å². The quantitative estimate of drug-likeness (QED) is 0.843. The fourth-order valence-corrected chi connectivity index (χ4v) is 2.57. The molecule has 1 unspecified atom stereocenters. The van der Waals surface area contributed by atoms with E-state index in [2.05, 4.69) is 12.1 Å². The van der Waals surface area contributed by atoms with E-state index in [1.54, 1.807) is 0 Å². The Hall–Kier alpha value is -1.02. The van der Waals surface area contributed by atoms with Crippen molar-refractivity contribution in [3.05, 3.63) is 29.8 Å².